The summed E-state index contributed by atoms with van der Waals surface area (Å²) in [5.74, 6) is 0. The summed E-state index contributed by atoms with van der Waals surface area (Å²) < 4.78 is 11.7. The van der Waals surface area contributed by atoms with E-state index in [1.165, 1.54) is 0 Å². The molecule has 70 valence electrons. The van der Waals surface area contributed by atoms with E-state index in [1.54, 1.807) is 0 Å². The van der Waals surface area contributed by atoms with Gasteiger partial charge in [-0.15, -0.1) is 0 Å². The van der Waals surface area contributed by atoms with Crippen molar-refractivity contribution in [2.45, 2.75) is 25.0 Å². The van der Waals surface area contributed by atoms with Crippen molar-refractivity contribution in [2.75, 3.05) is 8.86 Å². The van der Waals surface area contributed by atoms with Crippen molar-refractivity contribution in [1.82, 2.24) is 0 Å². The molecule has 1 heterocycles. The average molecular weight is 396 g/mol. The molecule has 3 nitrogen and oxygen atoms in total. The quantitative estimate of drug-likeness (QED) is 0.409. The third-order valence-corrected chi connectivity index (χ3v) is 3.65. The summed E-state index contributed by atoms with van der Waals surface area (Å²) in [4.78, 5) is 11.0. The molecule has 1 aliphatic heterocycles. The van der Waals surface area contributed by atoms with Crippen LogP contribution in [0.25, 0.3) is 0 Å². The molecule has 0 aromatic heterocycles. The number of halogens is 2. The number of hydrogen-bond acceptors (Lipinski definition) is 3. The van der Waals surface area contributed by atoms with Gasteiger partial charge in [0.25, 0.3) is 0 Å². The number of carbonyl (C=O) groups excluding carboxylic acids is 1. The molecule has 2 atom stereocenters. The van der Waals surface area contributed by atoms with Gasteiger partial charge in [-0.3, -0.25) is 0 Å². The highest BCUT2D eigenvalue weighted by Gasteiger charge is 2.24. The molecule has 0 aromatic carbocycles. The summed E-state index contributed by atoms with van der Waals surface area (Å²) in [5.41, 5.74) is 0. The summed E-state index contributed by atoms with van der Waals surface area (Å²) >= 11 is 4.44. The fourth-order valence-electron chi connectivity index (χ4n) is 1.01. The lowest BCUT2D eigenvalue weighted by molar-refractivity contribution is 0.0344. The maximum atomic E-state index is 11.0. The molecule has 1 fully saturated rings. The topological polar surface area (TPSA) is 35.5 Å². The molecule has 0 radical (unpaired) electrons. The lowest BCUT2D eigenvalue weighted by atomic mass is 10.1. The van der Waals surface area contributed by atoms with Crippen LogP contribution in [0.3, 0.4) is 0 Å². The van der Waals surface area contributed by atoms with Crippen LogP contribution in [0.5, 0.6) is 0 Å². The molecule has 0 N–H and O–H groups in total. The highest BCUT2D eigenvalue weighted by Crippen LogP contribution is 2.18. The van der Waals surface area contributed by atoms with E-state index in [2.05, 4.69) is 45.2 Å². The molecule has 0 amide bonds. The van der Waals surface area contributed by atoms with Crippen LogP contribution in [0.4, 0.5) is 4.79 Å². The zero-order valence-corrected chi connectivity index (χ0v) is 10.8. The third kappa shape index (κ3) is 3.23. The zero-order valence-electron chi connectivity index (χ0n) is 6.46. The summed E-state index contributed by atoms with van der Waals surface area (Å²) in [6, 6.07) is 0. The number of hydrogen-bond donors (Lipinski definition) is 0. The van der Waals surface area contributed by atoms with Crippen LogP contribution in [0.15, 0.2) is 0 Å². The minimum atomic E-state index is -0.504. The van der Waals surface area contributed by atoms with Crippen molar-refractivity contribution in [3.8, 4) is 0 Å². The van der Waals surface area contributed by atoms with Gasteiger partial charge in [-0.2, -0.15) is 0 Å². The normalized spacial score (nSPS) is 30.3. The largest absolute Gasteiger partial charge is 0.508 e. The highest BCUT2D eigenvalue weighted by atomic mass is 127. The maximum absolute atomic E-state index is 11.0. The van der Waals surface area contributed by atoms with Crippen molar-refractivity contribution in [1.29, 1.82) is 0 Å². The second kappa shape index (κ2) is 5.46. The van der Waals surface area contributed by atoms with Gasteiger partial charge in [0.15, 0.2) is 0 Å². The fraction of sp³-hybridized carbons (Fsp3) is 0.857. The van der Waals surface area contributed by atoms with E-state index in [4.69, 9.17) is 9.47 Å². The molecule has 0 aromatic rings. The molecule has 2 unspecified atom stereocenters. The minimum Gasteiger partial charge on any atom is -0.430 e. The van der Waals surface area contributed by atoms with Crippen LogP contribution in [0.1, 0.15) is 12.8 Å². The fourth-order valence-corrected chi connectivity index (χ4v) is 2.25. The number of ether oxygens (including phenoxy) is 2. The summed E-state index contributed by atoms with van der Waals surface area (Å²) in [5, 5.41) is 0. The van der Waals surface area contributed by atoms with E-state index in [9.17, 15) is 4.79 Å². The van der Waals surface area contributed by atoms with Crippen molar-refractivity contribution >= 4 is 51.3 Å². The summed E-state index contributed by atoms with van der Waals surface area (Å²) in [7, 11) is 0. The first-order chi connectivity index (χ1) is 5.76. The van der Waals surface area contributed by atoms with Crippen LogP contribution in [0, 0.1) is 0 Å². The molecular formula is C7H10I2O3. The van der Waals surface area contributed by atoms with Gasteiger partial charge < -0.3 is 9.47 Å². The van der Waals surface area contributed by atoms with E-state index >= 15 is 0 Å². The molecule has 1 aliphatic rings. The standard InChI is InChI=1S/C7H10I2O3/c8-3-5-1-2-6(4-9)12-7(10)11-5/h5-6H,1-4H2. The Labute approximate surface area is 98.8 Å². The maximum Gasteiger partial charge on any atom is 0.508 e. The van der Waals surface area contributed by atoms with Crippen molar-refractivity contribution in [2.24, 2.45) is 0 Å². The minimum absolute atomic E-state index is 0.0473. The van der Waals surface area contributed by atoms with Gasteiger partial charge in [0.1, 0.15) is 12.2 Å². The molecule has 0 aliphatic carbocycles. The van der Waals surface area contributed by atoms with Crippen molar-refractivity contribution < 1.29 is 14.3 Å². The van der Waals surface area contributed by atoms with Gasteiger partial charge in [0, 0.05) is 8.86 Å². The van der Waals surface area contributed by atoms with E-state index in [-0.39, 0.29) is 12.2 Å². The van der Waals surface area contributed by atoms with Crippen LogP contribution in [0.2, 0.25) is 0 Å². The van der Waals surface area contributed by atoms with Gasteiger partial charge >= 0.3 is 6.16 Å². The van der Waals surface area contributed by atoms with Crippen molar-refractivity contribution in [3.63, 3.8) is 0 Å². The number of rotatable bonds is 2. The molecule has 0 saturated carbocycles. The molecule has 12 heavy (non-hydrogen) atoms. The Morgan fingerprint density at radius 1 is 1.17 bits per heavy atom. The first kappa shape index (κ1) is 10.8. The lowest BCUT2D eigenvalue weighted by Gasteiger charge is -2.08. The smallest absolute Gasteiger partial charge is 0.430 e. The Morgan fingerprint density at radius 2 is 1.58 bits per heavy atom. The SMILES string of the molecule is O=C1OC(CI)CCC(CI)O1. The predicted octanol–water partition coefficient (Wildman–Crippen LogP) is 2.54. The van der Waals surface area contributed by atoms with Crippen LogP contribution in [-0.2, 0) is 9.47 Å². The van der Waals surface area contributed by atoms with Crippen LogP contribution in [-0.4, -0.2) is 27.2 Å². The zero-order chi connectivity index (χ0) is 8.97. The van der Waals surface area contributed by atoms with E-state index in [0.29, 0.717) is 0 Å². The molecule has 0 bridgehead atoms. The van der Waals surface area contributed by atoms with Crippen LogP contribution >= 0.6 is 45.2 Å². The first-order valence-corrected chi connectivity index (χ1v) is 6.80. The van der Waals surface area contributed by atoms with Gasteiger partial charge in [-0.25, -0.2) is 4.79 Å². The van der Waals surface area contributed by atoms with Crippen molar-refractivity contribution in [3.05, 3.63) is 0 Å². The molecule has 5 heteroatoms. The monoisotopic (exact) mass is 396 g/mol. The van der Waals surface area contributed by atoms with E-state index in [0.717, 1.165) is 21.7 Å². The van der Waals surface area contributed by atoms with E-state index < -0.39 is 6.16 Å². The number of cyclic esters (lactones) is 2. The Balaban J connectivity index is 2.46. The van der Waals surface area contributed by atoms with Gasteiger partial charge in [-0.1, -0.05) is 45.2 Å². The molecule has 1 saturated heterocycles. The Kier molecular flexibility index (Phi) is 4.92. The Bertz CT molecular complexity index is 147. The lowest BCUT2D eigenvalue weighted by Crippen LogP contribution is -2.18. The second-order valence-corrected chi connectivity index (χ2v) is 4.38. The number of carbonyl (C=O) groups is 1. The van der Waals surface area contributed by atoms with Gasteiger partial charge in [-0.05, 0) is 12.8 Å². The van der Waals surface area contributed by atoms with Gasteiger partial charge in [0.05, 0.1) is 0 Å². The average Bonchev–Trinajstić information content (AvgIpc) is 2.26. The third-order valence-electron chi connectivity index (χ3n) is 1.68. The molecular weight excluding hydrogens is 386 g/mol. The molecule has 0 spiro atoms. The highest BCUT2D eigenvalue weighted by molar-refractivity contribution is 14.1. The van der Waals surface area contributed by atoms with E-state index in [1.807, 2.05) is 0 Å². The number of alkyl halides is 2. The van der Waals surface area contributed by atoms with Crippen LogP contribution < -0.4 is 0 Å². The summed E-state index contributed by atoms with van der Waals surface area (Å²) in [6.07, 6.45) is 1.43. The first-order valence-electron chi connectivity index (χ1n) is 3.75. The predicted molar refractivity (Wildman–Crippen MR) is 62.2 cm³/mol. The Hall–Kier alpha value is 0.730. The molecule has 1 rings (SSSR count). The summed E-state index contributed by atoms with van der Waals surface area (Å²) in [6.45, 7) is 0. The van der Waals surface area contributed by atoms with Gasteiger partial charge in [0.2, 0.25) is 0 Å². The second-order valence-electron chi connectivity index (χ2n) is 2.62. The Morgan fingerprint density at radius 3 is 1.92 bits per heavy atom.